The van der Waals surface area contributed by atoms with E-state index in [9.17, 15) is 0 Å². The van der Waals surface area contributed by atoms with E-state index in [1.807, 2.05) is 11.3 Å². The maximum atomic E-state index is 3.64. The van der Waals surface area contributed by atoms with E-state index in [0.717, 1.165) is 17.4 Å². The SMILES string of the molecule is CC(C)(C)NCC(Cc1cc(Br)cs1)c1ccc(Br)cc1. The molecule has 4 heteroatoms. The zero-order chi connectivity index (χ0) is 15.5. The van der Waals surface area contributed by atoms with Crippen LogP contribution in [0.2, 0.25) is 0 Å². The van der Waals surface area contributed by atoms with E-state index in [1.54, 1.807) is 0 Å². The molecule has 0 spiro atoms. The molecule has 2 aromatic rings. The summed E-state index contributed by atoms with van der Waals surface area (Å²) in [6.07, 6.45) is 1.07. The van der Waals surface area contributed by atoms with E-state index in [4.69, 9.17) is 0 Å². The van der Waals surface area contributed by atoms with Gasteiger partial charge in [-0.2, -0.15) is 0 Å². The highest BCUT2D eigenvalue weighted by atomic mass is 79.9. The normalized spacial score (nSPS) is 13.4. The van der Waals surface area contributed by atoms with Crippen LogP contribution in [0.15, 0.2) is 44.7 Å². The van der Waals surface area contributed by atoms with E-state index in [-0.39, 0.29) is 5.54 Å². The van der Waals surface area contributed by atoms with Gasteiger partial charge in [-0.3, -0.25) is 0 Å². The lowest BCUT2D eigenvalue weighted by atomic mass is 9.94. The maximum absolute atomic E-state index is 3.64. The summed E-state index contributed by atoms with van der Waals surface area (Å²) in [4.78, 5) is 1.42. The first kappa shape index (κ1) is 17.2. The lowest BCUT2D eigenvalue weighted by Crippen LogP contribution is -2.38. The molecule has 0 bridgehead atoms. The second-order valence-electron chi connectivity index (χ2n) is 6.31. The van der Waals surface area contributed by atoms with Crippen LogP contribution in [0.25, 0.3) is 0 Å². The van der Waals surface area contributed by atoms with Crippen molar-refractivity contribution in [3.05, 3.63) is 55.1 Å². The quantitative estimate of drug-likeness (QED) is 0.614. The van der Waals surface area contributed by atoms with Gasteiger partial charge in [0.15, 0.2) is 0 Å². The highest BCUT2D eigenvalue weighted by Crippen LogP contribution is 2.28. The number of nitrogens with one attached hydrogen (secondary N) is 1. The minimum atomic E-state index is 0.143. The summed E-state index contributed by atoms with van der Waals surface area (Å²) in [5.74, 6) is 0.489. The van der Waals surface area contributed by atoms with Crippen LogP contribution in [-0.4, -0.2) is 12.1 Å². The van der Waals surface area contributed by atoms with Crippen molar-refractivity contribution >= 4 is 43.2 Å². The number of benzene rings is 1. The zero-order valence-corrected chi connectivity index (χ0v) is 16.6. The predicted octanol–water partition coefficient (Wildman–Crippen LogP) is 5.99. The van der Waals surface area contributed by atoms with Gasteiger partial charge in [-0.05, 0) is 66.9 Å². The Hall–Kier alpha value is -0.160. The van der Waals surface area contributed by atoms with Crippen LogP contribution in [0.4, 0.5) is 0 Å². The Balaban J connectivity index is 2.15. The Morgan fingerprint density at radius 2 is 1.76 bits per heavy atom. The van der Waals surface area contributed by atoms with Crippen LogP contribution in [-0.2, 0) is 6.42 Å². The molecule has 1 N–H and O–H groups in total. The summed E-state index contributed by atoms with van der Waals surface area (Å²) in [5.41, 5.74) is 1.53. The number of halogens is 2. The predicted molar refractivity (Wildman–Crippen MR) is 100 cm³/mol. The van der Waals surface area contributed by atoms with Crippen LogP contribution in [0, 0.1) is 0 Å². The van der Waals surface area contributed by atoms with Gasteiger partial charge in [0.1, 0.15) is 0 Å². The molecule has 0 aliphatic rings. The minimum absolute atomic E-state index is 0.143. The molecule has 0 radical (unpaired) electrons. The molecule has 0 fully saturated rings. The van der Waals surface area contributed by atoms with E-state index >= 15 is 0 Å². The van der Waals surface area contributed by atoms with E-state index in [2.05, 4.69) is 93.7 Å². The van der Waals surface area contributed by atoms with Crippen molar-refractivity contribution in [3.8, 4) is 0 Å². The highest BCUT2D eigenvalue weighted by molar-refractivity contribution is 9.10. The fourth-order valence-corrected chi connectivity index (χ4v) is 3.97. The molecule has 1 heterocycles. The van der Waals surface area contributed by atoms with Crippen molar-refractivity contribution in [2.24, 2.45) is 0 Å². The highest BCUT2D eigenvalue weighted by Gasteiger charge is 2.17. The van der Waals surface area contributed by atoms with Crippen LogP contribution in [0.1, 0.15) is 37.1 Å². The third-order valence-corrected chi connectivity index (χ3v) is 5.54. The molecule has 0 saturated heterocycles. The van der Waals surface area contributed by atoms with Crippen molar-refractivity contribution in [1.82, 2.24) is 5.32 Å². The Morgan fingerprint density at radius 3 is 2.29 bits per heavy atom. The van der Waals surface area contributed by atoms with Crippen molar-refractivity contribution < 1.29 is 0 Å². The van der Waals surface area contributed by atoms with Gasteiger partial charge in [0.25, 0.3) is 0 Å². The molecule has 1 aromatic heterocycles. The molecule has 114 valence electrons. The smallest absolute Gasteiger partial charge is 0.0285 e. The molecule has 0 amide bonds. The van der Waals surface area contributed by atoms with Crippen LogP contribution in [0.3, 0.4) is 0 Å². The zero-order valence-electron chi connectivity index (χ0n) is 12.6. The van der Waals surface area contributed by atoms with Crippen LogP contribution >= 0.6 is 43.2 Å². The lowest BCUT2D eigenvalue weighted by molar-refractivity contribution is 0.405. The lowest BCUT2D eigenvalue weighted by Gasteiger charge is -2.25. The third kappa shape index (κ3) is 5.85. The Kier molecular flexibility index (Phi) is 6.06. The van der Waals surface area contributed by atoms with Crippen molar-refractivity contribution in [2.45, 2.75) is 38.6 Å². The molecule has 0 aliphatic heterocycles. The molecule has 1 nitrogen and oxygen atoms in total. The van der Waals surface area contributed by atoms with Gasteiger partial charge in [0, 0.05) is 37.2 Å². The summed E-state index contributed by atoms with van der Waals surface area (Å²) in [5, 5.41) is 5.80. The second-order valence-corrected chi connectivity index (χ2v) is 9.14. The Labute approximate surface area is 148 Å². The average molecular weight is 431 g/mol. The fourth-order valence-electron chi connectivity index (χ4n) is 2.18. The second kappa shape index (κ2) is 7.40. The first-order valence-electron chi connectivity index (χ1n) is 7.07. The first-order chi connectivity index (χ1) is 9.83. The van der Waals surface area contributed by atoms with Crippen molar-refractivity contribution in [2.75, 3.05) is 6.54 Å². The van der Waals surface area contributed by atoms with Gasteiger partial charge in [-0.15, -0.1) is 11.3 Å². The molecule has 1 atom stereocenters. The van der Waals surface area contributed by atoms with Crippen LogP contribution in [0.5, 0.6) is 0 Å². The van der Waals surface area contributed by atoms with Gasteiger partial charge >= 0.3 is 0 Å². The minimum Gasteiger partial charge on any atom is -0.311 e. The molecule has 1 aromatic carbocycles. The van der Waals surface area contributed by atoms with Gasteiger partial charge in [0.2, 0.25) is 0 Å². The average Bonchev–Trinajstić information content (AvgIpc) is 2.80. The number of rotatable bonds is 5. The van der Waals surface area contributed by atoms with Crippen LogP contribution < -0.4 is 5.32 Å². The fraction of sp³-hybridized carbons (Fsp3) is 0.412. The molecular formula is C17H21Br2NS. The molecule has 0 saturated carbocycles. The van der Waals surface area contributed by atoms with Gasteiger partial charge in [-0.25, -0.2) is 0 Å². The van der Waals surface area contributed by atoms with Gasteiger partial charge in [-0.1, -0.05) is 28.1 Å². The molecule has 1 unspecified atom stereocenters. The molecule has 0 aliphatic carbocycles. The summed E-state index contributed by atoms with van der Waals surface area (Å²) < 4.78 is 2.31. The Bertz CT molecular complexity index is 569. The largest absolute Gasteiger partial charge is 0.311 e. The van der Waals surface area contributed by atoms with Crippen molar-refractivity contribution in [3.63, 3.8) is 0 Å². The summed E-state index contributed by atoms with van der Waals surface area (Å²) in [7, 11) is 0. The Morgan fingerprint density at radius 1 is 1.10 bits per heavy atom. The first-order valence-corrected chi connectivity index (χ1v) is 9.53. The summed E-state index contributed by atoms with van der Waals surface area (Å²) in [6.45, 7) is 7.63. The van der Waals surface area contributed by atoms with Gasteiger partial charge in [0.05, 0.1) is 0 Å². The third-order valence-electron chi connectivity index (χ3n) is 3.29. The van der Waals surface area contributed by atoms with E-state index in [1.165, 1.54) is 14.9 Å². The monoisotopic (exact) mass is 429 g/mol. The molecule has 21 heavy (non-hydrogen) atoms. The number of thiophene rings is 1. The topological polar surface area (TPSA) is 12.0 Å². The van der Waals surface area contributed by atoms with Crippen molar-refractivity contribution in [1.29, 1.82) is 0 Å². The standard InChI is InChI=1S/C17H21Br2NS/c1-17(2,3)20-10-13(8-16-9-15(19)11-21-16)12-4-6-14(18)7-5-12/h4-7,9,11,13,20H,8,10H2,1-3H3. The van der Waals surface area contributed by atoms with E-state index < -0.39 is 0 Å². The maximum Gasteiger partial charge on any atom is 0.0285 e. The summed E-state index contributed by atoms with van der Waals surface area (Å²) >= 11 is 8.89. The molecular weight excluding hydrogens is 410 g/mol. The number of hydrogen-bond donors (Lipinski definition) is 1. The number of hydrogen-bond acceptors (Lipinski definition) is 2. The molecule has 2 rings (SSSR count). The van der Waals surface area contributed by atoms with E-state index in [0.29, 0.717) is 5.92 Å². The summed E-state index contributed by atoms with van der Waals surface area (Å²) in [6, 6.07) is 10.9. The van der Waals surface area contributed by atoms with Gasteiger partial charge < -0.3 is 5.32 Å².